The Morgan fingerprint density at radius 3 is 2.65 bits per heavy atom. The first-order chi connectivity index (χ1) is 8.31. The van der Waals surface area contributed by atoms with Gasteiger partial charge in [0.15, 0.2) is 0 Å². The van der Waals surface area contributed by atoms with E-state index in [1.807, 2.05) is 4.90 Å². The molecule has 6 heteroatoms. The summed E-state index contributed by atoms with van der Waals surface area (Å²) in [7, 11) is 1.62. The second kappa shape index (κ2) is 7.54. The van der Waals surface area contributed by atoms with Crippen molar-refractivity contribution in [3.05, 3.63) is 18.0 Å². The number of aliphatic hydroxyl groups excluding tert-OH is 1. The summed E-state index contributed by atoms with van der Waals surface area (Å²) in [4.78, 5) is 10.2. The third-order valence-corrected chi connectivity index (χ3v) is 2.22. The lowest BCUT2D eigenvalue weighted by molar-refractivity contribution is 0.205. The molecule has 0 aliphatic heterocycles. The van der Waals surface area contributed by atoms with Crippen molar-refractivity contribution in [2.24, 2.45) is 0 Å². The molecule has 0 spiro atoms. The Hall–Kier alpha value is -1.71. The largest absolute Gasteiger partial charge is 0.392 e. The van der Waals surface area contributed by atoms with Crippen molar-refractivity contribution in [3.63, 3.8) is 0 Å². The van der Waals surface area contributed by atoms with Gasteiger partial charge in [-0.05, 0) is 0 Å². The van der Waals surface area contributed by atoms with Gasteiger partial charge in [0.25, 0.3) is 0 Å². The van der Waals surface area contributed by atoms with Crippen molar-refractivity contribution in [2.75, 3.05) is 31.7 Å². The highest BCUT2D eigenvalue weighted by atomic mass is 16.5. The van der Waals surface area contributed by atoms with E-state index in [4.69, 9.17) is 15.1 Å². The molecule has 0 aliphatic rings. The number of aliphatic hydroxyl groups is 1. The van der Waals surface area contributed by atoms with E-state index in [0.717, 1.165) is 0 Å². The minimum atomic E-state index is -0.0729. The van der Waals surface area contributed by atoms with Crippen LogP contribution in [0.3, 0.4) is 0 Å². The standard InChI is InChI=1S/C11H16N4O2/c1-17-6-5-15(4-2-3-12)11-13-7-10(9-16)8-14-11/h7-8,16H,2,4-6,9H2,1H3. The molecule has 0 aromatic carbocycles. The molecule has 0 unspecified atom stereocenters. The van der Waals surface area contributed by atoms with Crippen molar-refractivity contribution in [3.8, 4) is 6.07 Å². The van der Waals surface area contributed by atoms with Gasteiger partial charge < -0.3 is 14.7 Å². The van der Waals surface area contributed by atoms with Crippen LogP contribution in [0.25, 0.3) is 0 Å². The molecule has 1 aromatic heterocycles. The molecular weight excluding hydrogens is 220 g/mol. The lowest BCUT2D eigenvalue weighted by atomic mass is 10.3. The Balaban J connectivity index is 2.69. The van der Waals surface area contributed by atoms with Crippen molar-refractivity contribution in [1.29, 1.82) is 5.26 Å². The van der Waals surface area contributed by atoms with Crippen LogP contribution in [0.4, 0.5) is 5.95 Å². The first-order valence-corrected chi connectivity index (χ1v) is 5.34. The molecule has 0 saturated heterocycles. The summed E-state index contributed by atoms with van der Waals surface area (Å²) < 4.78 is 5.00. The molecule has 1 aromatic rings. The predicted molar refractivity (Wildman–Crippen MR) is 62.3 cm³/mol. The average Bonchev–Trinajstić information content (AvgIpc) is 2.39. The molecule has 0 aliphatic carbocycles. The smallest absolute Gasteiger partial charge is 0.225 e. The lowest BCUT2D eigenvalue weighted by Gasteiger charge is -2.20. The van der Waals surface area contributed by atoms with E-state index >= 15 is 0 Å². The first-order valence-electron chi connectivity index (χ1n) is 5.34. The van der Waals surface area contributed by atoms with Crippen LogP contribution in [0.1, 0.15) is 12.0 Å². The maximum atomic E-state index is 8.89. The molecular formula is C11H16N4O2. The van der Waals surface area contributed by atoms with Crippen LogP contribution in [0.2, 0.25) is 0 Å². The van der Waals surface area contributed by atoms with E-state index < -0.39 is 0 Å². The van der Waals surface area contributed by atoms with Gasteiger partial charge in [0.05, 0.1) is 25.7 Å². The molecule has 0 atom stereocenters. The van der Waals surface area contributed by atoms with Gasteiger partial charge in [-0.2, -0.15) is 5.26 Å². The molecule has 0 amide bonds. The second-order valence-electron chi connectivity index (χ2n) is 3.44. The molecule has 17 heavy (non-hydrogen) atoms. The van der Waals surface area contributed by atoms with E-state index in [2.05, 4.69) is 16.0 Å². The number of hydrogen-bond donors (Lipinski definition) is 1. The van der Waals surface area contributed by atoms with Crippen molar-refractivity contribution in [2.45, 2.75) is 13.0 Å². The molecule has 0 saturated carbocycles. The number of anilines is 1. The Morgan fingerprint density at radius 2 is 2.12 bits per heavy atom. The van der Waals surface area contributed by atoms with Crippen LogP contribution in [0.15, 0.2) is 12.4 Å². The number of nitrogens with zero attached hydrogens (tertiary/aromatic N) is 4. The zero-order chi connectivity index (χ0) is 12.5. The zero-order valence-electron chi connectivity index (χ0n) is 9.83. The Kier molecular flexibility index (Phi) is 5.93. The number of ether oxygens (including phenoxy) is 1. The van der Waals surface area contributed by atoms with Crippen molar-refractivity contribution >= 4 is 5.95 Å². The fourth-order valence-electron chi connectivity index (χ4n) is 1.29. The molecule has 6 nitrogen and oxygen atoms in total. The van der Waals surface area contributed by atoms with E-state index in [1.165, 1.54) is 0 Å². The number of nitriles is 1. The van der Waals surface area contributed by atoms with Crippen LogP contribution in [-0.4, -0.2) is 41.9 Å². The van der Waals surface area contributed by atoms with Gasteiger partial charge in [-0.3, -0.25) is 0 Å². The summed E-state index contributed by atoms with van der Waals surface area (Å²) in [6.45, 7) is 1.68. The van der Waals surface area contributed by atoms with Crippen LogP contribution in [-0.2, 0) is 11.3 Å². The summed E-state index contributed by atoms with van der Waals surface area (Å²) in [6.07, 6.45) is 3.57. The fraction of sp³-hybridized carbons (Fsp3) is 0.545. The summed E-state index contributed by atoms with van der Waals surface area (Å²) in [6, 6.07) is 2.09. The van der Waals surface area contributed by atoms with Crippen molar-refractivity contribution in [1.82, 2.24) is 9.97 Å². The topological polar surface area (TPSA) is 82.3 Å². The highest BCUT2D eigenvalue weighted by molar-refractivity contribution is 5.29. The van der Waals surface area contributed by atoms with Crippen LogP contribution in [0, 0.1) is 11.3 Å². The summed E-state index contributed by atoms with van der Waals surface area (Å²) in [5.74, 6) is 0.550. The van der Waals surface area contributed by atoms with Gasteiger partial charge >= 0.3 is 0 Å². The normalized spacial score (nSPS) is 9.94. The van der Waals surface area contributed by atoms with Gasteiger partial charge in [0.2, 0.25) is 5.95 Å². The summed E-state index contributed by atoms with van der Waals surface area (Å²) >= 11 is 0. The molecule has 1 rings (SSSR count). The van der Waals surface area contributed by atoms with Gasteiger partial charge in [-0.25, -0.2) is 9.97 Å². The van der Waals surface area contributed by atoms with Gasteiger partial charge in [-0.1, -0.05) is 0 Å². The molecule has 0 bridgehead atoms. The van der Waals surface area contributed by atoms with E-state index in [-0.39, 0.29) is 6.61 Å². The third-order valence-electron chi connectivity index (χ3n) is 2.22. The lowest BCUT2D eigenvalue weighted by Crippen LogP contribution is -2.29. The quantitative estimate of drug-likeness (QED) is 0.735. The molecule has 1 heterocycles. The number of aromatic nitrogens is 2. The number of rotatable bonds is 7. The molecule has 0 fully saturated rings. The monoisotopic (exact) mass is 236 g/mol. The van der Waals surface area contributed by atoms with Gasteiger partial charge in [0, 0.05) is 38.2 Å². The maximum absolute atomic E-state index is 8.89. The van der Waals surface area contributed by atoms with Crippen LogP contribution >= 0.6 is 0 Å². The Labute approximate surface area is 100 Å². The summed E-state index contributed by atoms with van der Waals surface area (Å²) in [5.41, 5.74) is 0.667. The second-order valence-corrected chi connectivity index (χ2v) is 3.44. The SMILES string of the molecule is COCCN(CCC#N)c1ncc(CO)cn1. The third kappa shape index (κ3) is 4.34. The predicted octanol–water partition coefficient (Wildman–Crippen LogP) is 0.335. The highest BCUT2D eigenvalue weighted by Gasteiger charge is 2.08. The van der Waals surface area contributed by atoms with Crippen LogP contribution < -0.4 is 4.90 Å². The van der Waals surface area contributed by atoms with Gasteiger partial charge in [0.1, 0.15) is 0 Å². The van der Waals surface area contributed by atoms with E-state index in [1.54, 1.807) is 19.5 Å². The molecule has 92 valence electrons. The Bertz CT molecular complexity index is 361. The highest BCUT2D eigenvalue weighted by Crippen LogP contribution is 2.07. The number of hydrogen-bond acceptors (Lipinski definition) is 6. The molecule has 1 N–H and O–H groups in total. The fourth-order valence-corrected chi connectivity index (χ4v) is 1.29. The minimum absolute atomic E-state index is 0.0729. The average molecular weight is 236 g/mol. The Morgan fingerprint density at radius 1 is 1.41 bits per heavy atom. The first kappa shape index (κ1) is 13.4. The minimum Gasteiger partial charge on any atom is -0.392 e. The summed E-state index contributed by atoms with van der Waals surface area (Å²) in [5, 5.41) is 17.5. The van der Waals surface area contributed by atoms with E-state index in [0.29, 0.717) is 37.6 Å². The van der Waals surface area contributed by atoms with Gasteiger partial charge in [-0.15, -0.1) is 0 Å². The molecule has 0 radical (unpaired) electrons. The maximum Gasteiger partial charge on any atom is 0.225 e. The number of methoxy groups -OCH3 is 1. The van der Waals surface area contributed by atoms with Crippen molar-refractivity contribution < 1.29 is 9.84 Å². The van der Waals surface area contributed by atoms with E-state index in [9.17, 15) is 0 Å². The zero-order valence-corrected chi connectivity index (χ0v) is 9.83. The van der Waals surface area contributed by atoms with Crippen LogP contribution in [0.5, 0.6) is 0 Å².